The zero-order chi connectivity index (χ0) is 22.9. The number of piperazine rings is 1. The minimum absolute atomic E-state index is 0.121. The molecule has 5 nitrogen and oxygen atoms in total. The van der Waals surface area contributed by atoms with Crippen molar-refractivity contribution in [3.8, 4) is 10.6 Å². The summed E-state index contributed by atoms with van der Waals surface area (Å²) in [4.78, 5) is 34.0. The number of halogens is 3. The van der Waals surface area contributed by atoms with Gasteiger partial charge in [0.2, 0.25) is 0 Å². The maximum atomic E-state index is 13.0. The lowest BCUT2D eigenvalue weighted by atomic mass is 10.1. The molecule has 1 saturated heterocycles. The molecule has 0 radical (unpaired) electrons. The van der Waals surface area contributed by atoms with Gasteiger partial charge in [0.05, 0.1) is 11.3 Å². The van der Waals surface area contributed by atoms with Crippen LogP contribution >= 0.6 is 11.3 Å². The first kappa shape index (κ1) is 22.0. The van der Waals surface area contributed by atoms with E-state index in [1.807, 2.05) is 30.3 Å². The van der Waals surface area contributed by atoms with Crippen molar-refractivity contribution in [2.24, 2.45) is 0 Å². The molecular weight excluding hydrogens is 439 g/mol. The molecule has 1 aromatic heterocycles. The van der Waals surface area contributed by atoms with Crippen molar-refractivity contribution in [1.82, 2.24) is 14.8 Å². The Balaban J connectivity index is 1.40. The quantitative estimate of drug-likeness (QED) is 0.569. The first-order chi connectivity index (χ1) is 15.2. The molecule has 1 aliphatic heterocycles. The Hall–Kier alpha value is -3.20. The maximum Gasteiger partial charge on any atom is 0.416 e. The van der Waals surface area contributed by atoms with Crippen LogP contribution in [-0.2, 0) is 6.18 Å². The number of nitrogens with zero attached hydrogens (tertiary/aromatic N) is 3. The number of hydrogen-bond donors (Lipinski definition) is 0. The van der Waals surface area contributed by atoms with E-state index in [1.165, 1.54) is 23.5 Å². The van der Waals surface area contributed by atoms with Crippen LogP contribution in [0.15, 0.2) is 54.6 Å². The van der Waals surface area contributed by atoms with Gasteiger partial charge in [0.15, 0.2) is 0 Å². The van der Waals surface area contributed by atoms with Gasteiger partial charge < -0.3 is 9.80 Å². The average Bonchev–Trinajstić information content (AvgIpc) is 3.20. The van der Waals surface area contributed by atoms with Gasteiger partial charge in [-0.3, -0.25) is 9.59 Å². The predicted molar refractivity (Wildman–Crippen MR) is 116 cm³/mol. The molecule has 32 heavy (non-hydrogen) atoms. The molecule has 2 amide bonds. The third kappa shape index (κ3) is 4.52. The molecule has 1 aliphatic rings. The average molecular weight is 459 g/mol. The van der Waals surface area contributed by atoms with Gasteiger partial charge in [-0.2, -0.15) is 13.2 Å². The predicted octanol–water partition coefficient (Wildman–Crippen LogP) is 4.74. The standard InChI is InChI=1S/C23H20F3N3O2S/c1-15-19(32-20(27-15)16-5-3-2-4-6-16)22(31)29-13-11-28(12-14-29)21(30)17-7-9-18(10-8-17)23(24,25)26/h2-10H,11-14H2,1H3. The number of hydrogen-bond acceptors (Lipinski definition) is 4. The molecule has 1 fully saturated rings. The maximum absolute atomic E-state index is 13.0. The van der Waals surface area contributed by atoms with Crippen molar-refractivity contribution < 1.29 is 22.8 Å². The van der Waals surface area contributed by atoms with Gasteiger partial charge in [0.1, 0.15) is 9.88 Å². The Labute approximate surface area is 187 Å². The van der Waals surface area contributed by atoms with Gasteiger partial charge in [-0.25, -0.2) is 4.98 Å². The normalized spacial score (nSPS) is 14.5. The summed E-state index contributed by atoms with van der Waals surface area (Å²) in [6, 6.07) is 13.8. The summed E-state index contributed by atoms with van der Waals surface area (Å²) in [7, 11) is 0. The highest BCUT2D eigenvalue weighted by atomic mass is 32.1. The zero-order valence-corrected chi connectivity index (χ0v) is 18.0. The fourth-order valence-corrected chi connectivity index (χ4v) is 4.58. The highest BCUT2D eigenvalue weighted by molar-refractivity contribution is 7.17. The smallest absolute Gasteiger partial charge is 0.335 e. The van der Waals surface area contributed by atoms with Crippen LogP contribution in [0.5, 0.6) is 0 Å². The highest BCUT2D eigenvalue weighted by Crippen LogP contribution is 2.30. The van der Waals surface area contributed by atoms with E-state index < -0.39 is 11.7 Å². The Bertz CT molecular complexity index is 1120. The van der Waals surface area contributed by atoms with Crippen LogP contribution < -0.4 is 0 Å². The number of thiazole rings is 1. The Morgan fingerprint density at radius 3 is 2.00 bits per heavy atom. The lowest BCUT2D eigenvalue weighted by Gasteiger charge is -2.34. The largest absolute Gasteiger partial charge is 0.416 e. The van der Waals surface area contributed by atoms with E-state index in [4.69, 9.17) is 0 Å². The fraction of sp³-hybridized carbons (Fsp3) is 0.261. The van der Waals surface area contributed by atoms with E-state index >= 15 is 0 Å². The third-order valence-electron chi connectivity index (χ3n) is 5.32. The summed E-state index contributed by atoms with van der Waals surface area (Å²) in [5, 5.41) is 0.780. The third-order valence-corrected chi connectivity index (χ3v) is 6.52. The van der Waals surface area contributed by atoms with E-state index in [9.17, 15) is 22.8 Å². The van der Waals surface area contributed by atoms with Gasteiger partial charge >= 0.3 is 6.18 Å². The molecule has 0 unspecified atom stereocenters. The van der Waals surface area contributed by atoms with E-state index in [2.05, 4.69) is 4.98 Å². The molecule has 2 aromatic carbocycles. The minimum Gasteiger partial charge on any atom is -0.335 e. The highest BCUT2D eigenvalue weighted by Gasteiger charge is 2.31. The Morgan fingerprint density at radius 1 is 0.875 bits per heavy atom. The number of benzene rings is 2. The summed E-state index contributed by atoms with van der Waals surface area (Å²) in [6.45, 7) is 3.14. The van der Waals surface area contributed by atoms with Gasteiger partial charge in [-0.05, 0) is 31.2 Å². The summed E-state index contributed by atoms with van der Waals surface area (Å²) in [5.74, 6) is -0.463. The van der Waals surface area contributed by atoms with Crippen LogP contribution in [0.1, 0.15) is 31.3 Å². The summed E-state index contributed by atoms with van der Waals surface area (Å²) in [5.41, 5.74) is 1.02. The molecular formula is C23H20F3N3O2S. The number of carbonyl (C=O) groups is 2. The second-order valence-corrected chi connectivity index (χ2v) is 8.46. The summed E-state index contributed by atoms with van der Waals surface area (Å²) in [6.07, 6.45) is -4.44. The van der Waals surface area contributed by atoms with Crippen LogP contribution in [-0.4, -0.2) is 52.8 Å². The van der Waals surface area contributed by atoms with Crippen LogP contribution in [0.4, 0.5) is 13.2 Å². The topological polar surface area (TPSA) is 53.5 Å². The van der Waals surface area contributed by atoms with Gasteiger partial charge in [-0.15, -0.1) is 11.3 Å². The fourth-order valence-electron chi connectivity index (χ4n) is 3.54. The number of alkyl halides is 3. The van der Waals surface area contributed by atoms with E-state index in [0.717, 1.165) is 22.7 Å². The Morgan fingerprint density at radius 2 is 1.44 bits per heavy atom. The second kappa shape index (κ2) is 8.74. The summed E-state index contributed by atoms with van der Waals surface area (Å²) >= 11 is 1.35. The van der Waals surface area contributed by atoms with Crippen LogP contribution in [0.25, 0.3) is 10.6 Å². The number of amides is 2. The molecule has 0 spiro atoms. The number of aromatic nitrogens is 1. The van der Waals surface area contributed by atoms with Crippen molar-refractivity contribution >= 4 is 23.2 Å². The first-order valence-electron chi connectivity index (χ1n) is 10.0. The number of aryl methyl sites for hydroxylation is 1. The Kier molecular flexibility index (Phi) is 6.01. The molecule has 3 aromatic rings. The molecule has 0 atom stereocenters. The van der Waals surface area contributed by atoms with Crippen LogP contribution in [0.3, 0.4) is 0 Å². The van der Waals surface area contributed by atoms with E-state index in [0.29, 0.717) is 36.8 Å². The number of rotatable bonds is 3. The lowest BCUT2D eigenvalue weighted by Crippen LogP contribution is -2.50. The molecule has 0 bridgehead atoms. The minimum atomic E-state index is -4.44. The van der Waals surface area contributed by atoms with Gasteiger partial charge in [-0.1, -0.05) is 30.3 Å². The van der Waals surface area contributed by atoms with Crippen molar-refractivity contribution in [1.29, 1.82) is 0 Å². The number of carbonyl (C=O) groups excluding carboxylic acids is 2. The molecule has 9 heteroatoms. The molecule has 0 aliphatic carbocycles. The molecule has 166 valence electrons. The second-order valence-electron chi connectivity index (χ2n) is 7.46. The molecule has 4 rings (SSSR count). The van der Waals surface area contributed by atoms with Crippen LogP contribution in [0.2, 0.25) is 0 Å². The summed E-state index contributed by atoms with van der Waals surface area (Å²) < 4.78 is 38.2. The van der Waals surface area contributed by atoms with Gasteiger partial charge in [0.25, 0.3) is 11.8 Å². The van der Waals surface area contributed by atoms with Crippen molar-refractivity contribution in [3.63, 3.8) is 0 Å². The zero-order valence-electron chi connectivity index (χ0n) is 17.2. The van der Waals surface area contributed by atoms with Crippen molar-refractivity contribution in [2.75, 3.05) is 26.2 Å². The van der Waals surface area contributed by atoms with Crippen molar-refractivity contribution in [2.45, 2.75) is 13.1 Å². The van der Waals surface area contributed by atoms with E-state index in [-0.39, 0.29) is 17.4 Å². The van der Waals surface area contributed by atoms with Crippen molar-refractivity contribution in [3.05, 3.63) is 76.3 Å². The van der Waals surface area contributed by atoms with Crippen LogP contribution in [0, 0.1) is 6.92 Å². The molecule has 2 heterocycles. The molecule has 0 N–H and O–H groups in total. The monoisotopic (exact) mass is 459 g/mol. The van der Waals surface area contributed by atoms with Gasteiger partial charge in [0, 0.05) is 37.3 Å². The van der Waals surface area contributed by atoms with E-state index in [1.54, 1.807) is 16.7 Å². The SMILES string of the molecule is Cc1nc(-c2ccccc2)sc1C(=O)N1CCN(C(=O)c2ccc(C(F)(F)F)cc2)CC1. The lowest BCUT2D eigenvalue weighted by molar-refractivity contribution is -0.137. The molecule has 0 saturated carbocycles. The first-order valence-corrected chi connectivity index (χ1v) is 10.8.